The van der Waals surface area contributed by atoms with E-state index >= 15 is 0 Å². The maximum atomic E-state index is 12.8. The number of aromatic nitrogens is 2. The van der Waals surface area contributed by atoms with Crippen LogP contribution in [0.1, 0.15) is 56.5 Å². The van der Waals surface area contributed by atoms with Crippen LogP contribution in [0.15, 0.2) is 60.8 Å². The van der Waals surface area contributed by atoms with Gasteiger partial charge in [-0.1, -0.05) is 30.3 Å². The first-order chi connectivity index (χ1) is 14.0. The van der Waals surface area contributed by atoms with E-state index in [2.05, 4.69) is 10.4 Å². The van der Waals surface area contributed by atoms with Gasteiger partial charge in [-0.05, 0) is 37.6 Å². The van der Waals surface area contributed by atoms with Gasteiger partial charge in [0, 0.05) is 17.7 Å². The lowest BCUT2D eigenvalue weighted by molar-refractivity contribution is 0.0642. The lowest BCUT2D eigenvalue weighted by Crippen LogP contribution is -2.29. The van der Waals surface area contributed by atoms with Gasteiger partial charge in [0.1, 0.15) is 5.82 Å². The molecule has 0 atom stereocenters. The van der Waals surface area contributed by atoms with E-state index < -0.39 is 5.91 Å². The van der Waals surface area contributed by atoms with Crippen LogP contribution in [-0.4, -0.2) is 32.4 Å². The first-order valence-electron chi connectivity index (χ1n) is 9.34. The Balaban J connectivity index is 1.57. The van der Waals surface area contributed by atoms with Crippen LogP contribution < -0.4 is 5.32 Å². The smallest absolute Gasteiger partial charge is 0.261 e. The van der Waals surface area contributed by atoms with Crippen molar-refractivity contribution in [2.45, 2.75) is 26.4 Å². The summed E-state index contributed by atoms with van der Waals surface area (Å²) >= 11 is 0. The summed E-state index contributed by atoms with van der Waals surface area (Å²) in [4.78, 5) is 39.4. The standard InChI is InChI=1S/C22H20N4O3/c1-14(2)26-19(10-11-23-26)24-20(27)16-8-9-17-18(12-16)22(29)25(21(17)28)13-15-6-4-3-5-7-15/h3-12,14H,13H2,1-2H3,(H,24,27). The molecule has 1 aromatic heterocycles. The predicted molar refractivity (Wildman–Crippen MR) is 108 cm³/mol. The lowest BCUT2D eigenvalue weighted by Gasteiger charge is -2.13. The molecule has 1 N–H and O–H groups in total. The van der Waals surface area contributed by atoms with Crippen molar-refractivity contribution in [2.24, 2.45) is 0 Å². The molecular weight excluding hydrogens is 368 g/mol. The van der Waals surface area contributed by atoms with Gasteiger partial charge in [0.2, 0.25) is 0 Å². The van der Waals surface area contributed by atoms with Crippen LogP contribution in [0.25, 0.3) is 0 Å². The third-order valence-electron chi connectivity index (χ3n) is 4.82. The summed E-state index contributed by atoms with van der Waals surface area (Å²) in [7, 11) is 0. The van der Waals surface area contributed by atoms with E-state index in [9.17, 15) is 14.4 Å². The summed E-state index contributed by atoms with van der Waals surface area (Å²) in [5.41, 5.74) is 1.73. The molecule has 0 radical (unpaired) electrons. The first kappa shape index (κ1) is 18.6. The number of imide groups is 1. The van der Waals surface area contributed by atoms with Crippen LogP contribution >= 0.6 is 0 Å². The van der Waals surface area contributed by atoms with E-state index in [0.29, 0.717) is 16.9 Å². The molecule has 3 amide bonds. The summed E-state index contributed by atoms with van der Waals surface area (Å²) in [5.74, 6) is -0.537. The molecule has 4 rings (SSSR count). The lowest BCUT2D eigenvalue weighted by atomic mass is 10.1. The quantitative estimate of drug-likeness (QED) is 0.678. The summed E-state index contributed by atoms with van der Waals surface area (Å²) in [6.07, 6.45) is 1.61. The molecule has 0 aliphatic carbocycles. The van der Waals surface area contributed by atoms with Gasteiger partial charge >= 0.3 is 0 Å². The number of nitrogens with one attached hydrogen (secondary N) is 1. The molecule has 0 fully saturated rings. The van der Waals surface area contributed by atoms with E-state index in [1.165, 1.54) is 17.0 Å². The van der Waals surface area contributed by atoms with E-state index in [4.69, 9.17) is 0 Å². The predicted octanol–water partition coefficient (Wildman–Crippen LogP) is 3.51. The molecule has 7 nitrogen and oxygen atoms in total. The van der Waals surface area contributed by atoms with Crippen molar-refractivity contribution in [3.8, 4) is 0 Å². The van der Waals surface area contributed by atoms with Crippen molar-refractivity contribution >= 4 is 23.5 Å². The molecule has 0 unspecified atom stereocenters. The number of fused-ring (bicyclic) bond motifs is 1. The Bertz CT molecular complexity index is 1100. The van der Waals surface area contributed by atoms with Gasteiger partial charge in [-0.15, -0.1) is 0 Å². The Kier molecular flexibility index (Phi) is 4.72. The fourth-order valence-corrected chi connectivity index (χ4v) is 3.35. The van der Waals surface area contributed by atoms with Crippen molar-refractivity contribution < 1.29 is 14.4 Å². The first-order valence-corrected chi connectivity index (χ1v) is 9.34. The van der Waals surface area contributed by atoms with E-state index in [1.54, 1.807) is 23.0 Å². The zero-order valence-electron chi connectivity index (χ0n) is 16.1. The topological polar surface area (TPSA) is 84.3 Å². The van der Waals surface area contributed by atoms with Crippen LogP contribution in [0, 0.1) is 0 Å². The number of benzene rings is 2. The summed E-state index contributed by atoms with van der Waals surface area (Å²) in [5, 5.41) is 7.00. The molecule has 2 heterocycles. The molecule has 0 saturated heterocycles. The van der Waals surface area contributed by atoms with Gasteiger partial charge in [-0.25, -0.2) is 4.68 Å². The molecule has 1 aliphatic heterocycles. The third-order valence-corrected chi connectivity index (χ3v) is 4.82. The minimum Gasteiger partial charge on any atom is -0.307 e. The van der Waals surface area contributed by atoms with Gasteiger partial charge in [-0.3, -0.25) is 19.3 Å². The fourth-order valence-electron chi connectivity index (χ4n) is 3.35. The number of carbonyl (C=O) groups excluding carboxylic acids is 3. The molecular formula is C22H20N4O3. The number of hydrogen-bond donors (Lipinski definition) is 1. The molecule has 29 heavy (non-hydrogen) atoms. The third kappa shape index (κ3) is 3.42. The molecule has 7 heteroatoms. The highest BCUT2D eigenvalue weighted by molar-refractivity contribution is 6.22. The summed E-state index contributed by atoms with van der Waals surface area (Å²) < 4.78 is 1.70. The van der Waals surface area contributed by atoms with Crippen molar-refractivity contribution in [2.75, 3.05) is 5.32 Å². The maximum absolute atomic E-state index is 12.8. The molecule has 3 aromatic rings. The number of rotatable bonds is 5. The second kappa shape index (κ2) is 7.35. The van der Waals surface area contributed by atoms with E-state index in [1.807, 2.05) is 44.2 Å². The molecule has 146 valence electrons. The summed E-state index contributed by atoms with van der Waals surface area (Å²) in [6.45, 7) is 4.12. The second-order valence-corrected chi connectivity index (χ2v) is 7.15. The van der Waals surface area contributed by atoms with E-state index in [-0.39, 0.29) is 30.0 Å². The SMILES string of the molecule is CC(C)n1nccc1NC(=O)c1ccc2c(c1)C(=O)N(Cc1ccccc1)C2=O. The number of amides is 3. The summed E-state index contributed by atoms with van der Waals surface area (Å²) in [6, 6.07) is 15.7. The zero-order valence-corrected chi connectivity index (χ0v) is 16.1. The Hall–Kier alpha value is -3.74. The van der Waals surface area contributed by atoms with Crippen molar-refractivity contribution in [1.82, 2.24) is 14.7 Å². The monoisotopic (exact) mass is 388 g/mol. The molecule has 2 aromatic carbocycles. The normalized spacial score (nSPS) is 13.1. The van der Waals surface area contributed by atoms with E-state index in [0.717, 1.165) is 5.56 Å². The number of anilines is 1. The van der Waals surface area contributed by atoms with Crippen molar-refractivity contribution in [3.63, 3.8) is 0 Å². The number of carbonyl (C=O) groups is 3. The average molecular weight is 388 g/mol. The number of nitrogens with zero attached hydrogens (tertiary/aromatic N) is 3. The minimum atomic E-state index is -0.393. The van der Waals surface area contributed by atoms with Gasteiger partial charge in [0.05, 0.1) is 23.9 Å². The van der Waals surface area contributed by atoms with Crippen LogP contribution in [0.5, 0.6) is 0 Å². The molecule has 0 bridgehead atoms. The Labute approximate surface area is 167 Å². The highest BCUT2D eigenvalue weighted by Gasteiger charge is 2.36. The minimum absolute atomic E-state index is 0.0889. The van der Waals surface area contributed by atoms with Gasteiger partial charge in [0.15, 0.2) is 0 Å². The van der Waals surface area contributed by atoms with Crippen LogP contribution in [0.2, 0.25) is 0 Å². The Morgan fingerprint density at radius 2 is 1.72 bits per heavy atom. The van der Waals surface area contributed by atoms with Crippen molar-refractivity contribution in [1.29, 1.82) is 0 Å². The number of hydrogen-bond acceptors (Lipinski definition) is 4. The van der Waals surface area contributed by atoms with Crippen LogP contribution in [0.3, 0.4) is 0 Å². The molecule has 0 saturated carbocycles. The molecule has 0 spiro atoms. The highest BCUT2D eigenvalue weighted by Crippen LogP contribution is 2.26. The van der Waals surface area contributed by atoms with Crippen LogP contribution in [0.4, 0.5) is 5.82 Å². The second-order valence-electron chi connectivity index (χ2n) is 7.15. The zero-order chi connectivity index (χ0) is 20.5. The Morgan fingerprint density at radius 3 is 2.45 bits per heavy atom. The van der Waals surface area contributed by atoms with Crippen LogP contribution in [-0.2, 0) is 6.54 Å². The van der Waals surface area contributed by atoms with Crippen molar-refractivity contribution in [3.05, 3.63) is 83.0 Å². The molecule has 1 aliphatic rings. The highest BCUT2D eigenvalue weighted by atomic mass is 16.2. The fraction of sp³-hybridized carbons (Fsp3) is 0.182. The average Bonchev–Trinajstić information content (AvgIpc) is 3.27. The van der Waals surface area contributed by atoms with Gasteiger partial charge in [0.25, 0.3) is 17.7 Å². The van der Waals surface area contributed by atoms with Gasteiger partial charge in [-0.2, -0.15) is 5.10 Å². The Morgan fingerprint density at radius 1 is 1.00 bits per heavy atom. The van der Waals surface area contributed by atoms with Gasteiger partial charge < -0.3 is 5.32 Å². The maximum Gasteiger partial charge on any atom is 0.261 e. The largest absolute Gasteiger partial charge is 0.307 e.